The molecule has 1 N–H and O–H groups in total. The first kappa shape index (κ1) is 12.9. The van der Waals surface area contributed by atoms with Crippen LogP contribution in [-0.2, 0) is 4.74 Å². The first-order valence-electron chi connectivity index (χ1n) is 5.20. The molecular weight excluding hydrogens is 272 g/mol. The van der Waals surface area contributed by atoms with Crippen molar-refractivity contribution in [2.75, 3.05) is 7.11 Å². The molecule has 3 nitrogen and oxygen atoms in total. The lowest BCUT2D eigenvalue weighted by atomic mass is 10.1. The number of thiophene rings is 1. The van der Waals surface area contributed by atoms with E-state index in [1.165, 1.54) is 24.5 Å². The van der Waals surface area contributed by atoms with Gasteiger partial charge in [0.15, 0.2) is 0 Å². The average Bonchev–Trinajstić information content (AvgIpc) is 2.70. The van der Waals surface area contributed by atoms with Crippen molar-refractivity contribution in [3.63, 3.8) is 0 Å². The molecule has 2 aromatic rings. The van der Waals surface area contributed by atoms with Crippen LogP contribution < -0.4 is 0 Å². The summed E-state index contributed by atoms with van der Waals surface area (Å²) < 4.78 is 4.69. The lowest BCUT2D eigenvalue weighted by molar-refractivity contribution is 0.0606. The maximum absolute atomic E-state index is 11.5. The number of aryl methyl sites for hydroxylation is 1. The highest BCUT2D eigenvalue weighted by atomic mass is 35.5. The molecule has 0 saturated carbocycles. The lowest BCUT2D eigenvalue weighted by Crippen LogP contribution is -1.96. The summed E-state index contributed by atoms with van der Waals surface area (Å²) in [6.45, 7) is 1.90. The third kappa shape index (κ3) is 2.35. The van der Waals surface area contributed by atoms with E-state index >= 15 is 0 Å². The highest BCUT2D eigenvalue weighted by molar-refractivity contribution is 7.17. The summed E-state index contributed by atoms with van der Waals surface area (Å²) in [6.07, 6.45) is 0. The van der Waals surface area contributed by atoms with Crippen molar-refractivity contribution in [2.45, 2.75) is 6.92 Å². The van der Waals surface area contributed by atoms with Crippen molar-refractivity contribution in [2.24, 2.45) is 0 Å². The van der Waals surface area contributed by atoms with Gasteiger partial charge in [0.1, 0.15) is 10.6 Å². The van der Waals surface area contributed by atoms with Crippen molar-refractivity contribution in [3.05, 3.63) is 39.7 Å². The van der Waals surface area contributed by atoms with Gasteiger partial charge < -0.3 is 9.84 Å². The molecule has 0 bridgehead atoms. The van der Waals surface area contributed by atoms with Gasteiger partial charge in [-0.25, -0.2) is 4.79 Å². The van der Waals surface area contributed by atoms with Crippen molar-refractivity contribution < 1.29 is 14.6 Å². The number of aromatic hydroxyl groups is 1. The van der Waals surface area contributed by atoms with Crippen LogP contribution in [0.1, 0.15) is 15.2 Å². The lowest BCUT2D eigenvalue weighted by Gasteiger charge is -2.03. The number of carbonyl (C=O) groups excluding carboxylic acids is 1. The zero-order valence-corrected chi connectivity index (χ0v) is 11.4. The molecule has 18 heavy (non-hydrogen) atoms. The van der Waals surface area contributed by atoms with Gasteiger partial charge in [0.05, 0.1) is 12.1 Å². The van der Waals surface area contributed by atoms with Crippen molar-refractivity contribution in [1.29, 1.82) is 0 Å². The number of phenolic OH excluding ortho intramolecular Hbond substituents is 1. The normalized spacial score (nSPS) is 10.4. The molecule has 1 heterocycles. The number of rotatable bonds is 2. The second-order valence-corrected chi connectivity index (χ2v) is 5.24. The molecule has 0 unspecified atom stereocenters. The molecule has 0 aliphatic carbocycles. The van der Waals surface area contributed by atoms with E-state index in [4.69, 9.17) is 11.6 Å². The third-order valence-electron chi connectivity index (χ3n) is 2.50. The molecule has 0 atom stereocenters. The van der Waals surface area contributed by atoms with Crippen LogP contribution in [0.5, 0.6) is 5.75 Å². The van der Waals surface area contributed by atoms with Crippen LogP contribution >= 0.6 is 22.9 Å². The van der Waals surface area contributed by atoms with E-state index in [0.717, 1.165) is 16.0 Å². The minimum Gasteiger partial charge on any atom is -0.508 e. The Kier molecular flexibility index (Phi) is 3.59. The van der Waals surface area contributed by atoms with Gasteiger partial charge >= 0.3 is 5.97 Å². The minimum atomic E-state index is -0.357. The van der Waals surface area contributed by atoms with Gasteiger partial charge in [-0.2, -0.15) is 0 Å². The summed E-state index contributed by atoms with van der Waals surface area (Å²) >= 11 is 7.41. The molecule has 0 radical (unpaired) electrons. The van der Waals surface area contributed by atoms with E-state index < -0.39 is 0 Å². The topological polar surface area (TPSA) is 46.5 Å². The van der Waals surface area contributed by atoms with Gasteiger partial charge in [-0.3, -0.25) is 0 Å². The highest BCUT2D eigenvalue weighted by Gasteiger charge is 2.15. The van der Waals surface area contributed by atoms with Gasteiger partial charge in [0.25, 0.3) is 0 Å². The fourth-order valence-corrected chi connectivity index (χ4v) is 3.09. The predicted molar refractivity (Wildman–Crippen MR) is 72.5 cm³/mol. The zero-order chi connectivity index (χ0) is 13.3. The van der Waals surface area contributed by atoms with E-state index in [1.807, 2.05) is 6.92 Å². The number of halogens is 1. The first-order valence-corrected chi connectivity index (χ1v) is 6.40. The summed E-state index contributed by atoms with van der Waals surface area (Å²) in [5.41, 5.74) is 1.75. The van der Waals surface area contributed by atoms with Crippen molar-refractivity contribution in [3.8, 4) is 16.2 Å². The second kappa shape index (κ2) is 5.00. The Morgan fingerprint density at radius 1 is 1.39 bits per heavy atom. The number of methoxy groups -OCH3 is 1. The fraction of sp³-hybridized carbons (Fsp3) is 0.154. The maximum atomic E-state index is 11.5. The quantitative estimate of drug-likeness (QED) is 0.851. The SMILES string of the molecule is COC(=O)c1cc(C)c(-c2ccc(O)cc2Cl)s1. The first-order chi connectivity index (χ1) is 8.52. The smallest absolute Gasteiger partial charge is 0.348 e. The van der Waals surface area contributed by atoms with Crippen LogP contribution in [0.2, 0.25) is 5.02 Å². The van der Waals surface area contributed by atoms with Gasteiger partial charge in [0, 0.05) is 10.4 Å². The fourth-order valence-electron chi connectivity index (χ4n) is 1.64. The van der Waals surface area contributed by atoms with Gasteiger partial charge in [-0.1, -0.05) is 11.6 Å². The standard InChI is InChI=1S/C13H11ClO3S/c1-7-5-11(13(16)17-2)18-12(7)9-4-3-8(15)6-10(9)14/h3-6,15H,1-2H3. The highest BCUT2D eigenvalue weighted by Crippen LogP contribution is 2.38. The van der Waals surface area contributed by atoms with E-state index in [-0.39, 0.29) is 11.7 Å². The van der Waals surface area contributed by atoms with Crippen LogP contribution in [0.4, 0.5) is 0 Å². The number of carbonyl (C=O) groups is 1. The number of hydrogen-bond donors (Lipinski definition) is 1. The van der Waals surface area contributed by atoms with Crippen LogP contribution in [0.15, 0.2) is 24.3 Å². The number of hydrogen-bond acceptors (Lipinski definition) is 4. The van der Waals surface area contributed by atoms with E-state index in [0.29, 0.717) is 9.90 Å². The van der Waals surface area contributed by atoms with Crippen molar-refractivity contribution in [1.82, 2.24) is 0 Å². The summed E-state index contributed by atoms with van der Waals surface area (Å²) in [5.74, 6) is -0.240. The van der Waals surface area contributed by atoms with E-state index in [2.05, 4.69) is 4.74 Å². The van der Waals surface area contributed by atoms with Gasteiger partial charge in [-0.05, 0) is 36.8 Å². The number of phenols is 1. The van der Waals surface area contributed by atoms with Crippen LogP contribution in [0, 0.1) is 6.92 Å². The molecule has 0 fully saturated rings. The molecule has 2 rings (SSSR count). The van der Waals surface area contributed by atoms with Crippen LogP contribution in [-0.4, -0.2) is 18.2 Å². The Balaban J connectivity index is 2.51. The predicted octanol–water partition coefficient (Wildman–Crippen LogP) is 3.87. The molecule has 0 aliphatic rings. The molecular formula is C13H11ClO3S. The monoisotopic (exact) mass is 282 g/mol. The number of ether oxygens (including phenoxy) is 1. The number of benzene rings is 1. The third-order valence-corrected chi connectivity index (χ3v) is 4.06. The molecule has 0 saturated heterocycles. The van der Waals surface area contributed by atoms with Crippen LogP contribution in [0.3, 0.4) is 0 Å². The Bertz CT molecular complexity index is 604. The summed E-state index contributed by atoms with van der Waals surface area (Å²) in [6, 6.07) is 6.55. The minimum absolute atomic E-state index is 0.117. The van der Waals surface area contributed by atoms with Crippen molar-refractivity contribution >= 4 is 28.9 Å². The molecule has 0 aliphatic heterocycles. The average molecular weight is 283 g/mol. The molecule has 0 spiro atoms. The van der Waals surface area contributed by atoms with Gasteiger partial charge in [0.2, 0.25) is 0 Å². The van der Waals surface area contributed by atoms with Crippen LogP contribution in [0.25, 0.3) is 10.4 Å². The van der Waals surface area contributed by atoms with E-state index in [9.17, 15) is 9.90 Å². The van der Waals surface area contributed by atoms with Gasteiger partial charge in [-0.15, -0.1) is 11.3 Å². The maximum Gasteiger partial charge on any atom is 0.348 e. The summed E-state index contributed by atoms with van der Waals surface area (Å²) in [5, 5.41) is 9.79. The molecule has 0 amide bonds. The molecule has 5 heteroatoms. The molecule has 1 aromatic carbocycles. The molecule has 1 aromatic heterocycles. The Morgan fingerprint density at radius 2 is 2.11 bits per heavy atom. The zero-order valence-electron chi connectivity index (χ0n) is 9.86. The Labute approximate surface area is 114 Å². The van der Waals surface area contributed by atoms with E-state index in [1.54, 1.807) is 18.2 Å². The Hall–Kier alpha value is -1.52. The number of esters is 1. The summed E-state index contributed by atoms with van der Waals surface area (Å²) in [7, 11) is 1.35. The Morgan fingerprint density at radius 3 is 2.72 bits per heavy atom. The second-order valence-electron chi connectivity index (χ2n) is 3.78. The molecule has 94 valence electrons. The summed E-state index contributed by atoms with van der Waals surface area (Å²) in [4.78, 5) is 12.9. The largest absolute Gasteiger partial charge is 0.508 e.